The van der Waals surface area contributed by atoms with Gasteiger partial charge in [0.15, 0.2) is 6.04 Å². The van der Waals surface area contributed by atoms with Gasteiger partial charge in [-0.2, -0.15) is 0 Å². The Kier molecular flexibility index (Phi) is 5.87. The van der Waals surface area contributed by atoms with E-state index in [0.29, 0.717) is 6.42 Å². The summed E-state index contributed by atoms with van der Waals surface area (Å²) >= 11 is 0. The van der Waals surface area contributed by atoms with Crippen molar-refractivity contribution < 1.29 is 20.4 Å². The topological polar surface area (TPSA) is 96.9 Å². The zero-order chi connectivity index (χ0) is 11.1. The van der Waals surface area contributed by atoms with Gasteiger partial charge in [-0.15, -0.1) is 0 Å². The second kappa shape index (κ2) is 6.37. The van der Waals surface area contributed by atoms with Gasteiger partial charge < -0.3 is 21.0 Å². The number of hydrogen-bond donors (Lipinski definition) is 2. The summed E-state index contributed by atoms with van der Waals surface area (Å²) in [5, 5.41) is 13.0. The third kappa shape index (κ3) is 4.81. The fourth-order valence-corrected chi connectivity index (χ4v) is 0.971. The lowest BCUT2D eigenvalue weighted by Gasteiger charge is -2.19. The molecule has 0 aliphatic heterocycles. The molecule has 0 radical (unpaired) electrons. The molecule has 0 aliphatic carbocycles. The van der Waals surface area contributed by atoms with Gasteiger partial charge in [0.05, 0.1) is 12.0 Å². The summed E-state index contributed by atoms with van der Waals surface area (Å²) in [6.45, 7) is 3.57. The molecule has 2 atom stereocenters. The van der Waals surface area contributed by atoms with Crippen LogP contribution in [0.5, 0.6) is 0 Å². The summed E-state index contributed by atoms with van der Waals surface area (Å²) in [4.78, 5) is 21.8. The van der Waals surface area contributed by atoms with E-state index >= 15 is 0 Å². The van der Waals surface area contributed by atoms with Crippen molar-refractivity contribution in [3.8, 4) is 0 Å². The predicted octanol–water partition coefficient (Wildman–Crippen LogP) is -1.96. The summed E-state index contributed by atoms with van der Waals surface area (Å²) in [5.74, 6) is -1.58. The van der Waals surface area contributed by atoms with E-state index in [-0.39, 0.29) is 5.91 Å². The molecule has 0 aliphatic rings. The minimum absolute atomic E-state index is 0.352. The zero-order valence-electron chi connectivity index (χ0n) is 8.71. The molecule has 0 rings (SSSR count). The van der Waals surface area contributed by atoms with Gasteiger partial charge in [-0.3, -0.25) is 4.79 Å². The summed E-state index contributed by atoms with van der Waals surface area (Å²) in [7, 11) is 0. The molecule has 4 N–H and O–H groups in total. The summed E-state index contributed by atoms with van der Waals surface area (Å²) < 4.78 is 0. The van der Waals surface area contributed by atoms with E-state index < -0.39 is 18.1 Å². The third-order valence-corrected chi connectivity index (χ3v) is 1.89. The molecule has 5 nitrogen and oxygen atoms in total. The van der Waals surface area contributed by atoms with Gasteiger partial charge in [-0.05, 0) is 13.3 Å². The average molecular weight is 202 g/mol. The van der Waals surface area contributed by atoms with Crippen molar-refractivity contribution in [1.82, 2.24) is 5.32 Å². The van der Waals surface area contributed by atoms with Crippen LogP contribution in [0, 0.1) is 0 Å². The van der Waals surface area contributed by atoms with Crippen LogP contribution in [-0.4, -0.2) is 24.0 Å². The van der Waals surface area contributed by atoms with Crippen LogP contribution in [0.2, 0.25) is 0 Å². The van der Waals surface area contributed by atoms with Crippen LogP contribution in [0.4, 0.5) is 0 Å². The van der Waals surface area contributed by atoms with Crippen molar-refractivity contribution in [2.24, 2.45) is 0 Å². The van der Waals surface area contributed by atoms with Crippen molar-refractivity contribution in [3.05, 3.63) is 0 Å². The molecule has 0 saturated heterocycles. The first-order valence-electron chi connectivity index (χ1n) is 4.83. The maximum Gasteiger partial charge on any atom is 0.278 e. The first-order valence-corrected chi connectivity index (χ1v) is 4.83. The number of aliphatic carboxylic acids is 1. The van der Waals surface area contributed by atoms with E-state index in [1.54, 1.807) is 6.92 Å². The molecule has 0 bridgehead atoms. The number of carboxylic acids is 1. The number of hydrogen-bond acceptors (Lipinski definition) is 3. The molecule has 14 heavy (non-hydrogen) atoms. The minimum atomic E-state index is -1.23. The third-order valence-electron chi connectivity index (χ3n) is 1.89. The highest BCUT2D eigenvalue weighted by molar-refractivity contribution is 5.84. The Morgan fingerprint density at radius 1 is 1.50 bits per heavy atom. The number of carbonyl (C=O) groups excluding carboxylic acids is 2. The Morgan fingerprint density at radius 2 is 2.07 bits per heavy atom. The molecule has 0 unspecified atom stereocenters. The van der Waals surface area contributed by atoms with E-state index in [4.69, 9.17) is 0 Å². The monoisotopic (exact) mass is 202 g/mol. The van der Waals surface area contributed by atoms with Crippen molar-refractivity contribution in [2.75, 3.05) is 0 Å². The molecule has 0 aromatic heterocycles. The van der Waals surface area contributed by atoms with Crippen LogP contribution >= 0.6 is 0 Å². The number of amides is 1. The largest absolute Gasteiger partial charge is 0.548 e. The van der Waals surface area contributed by atoms with Crippen molar-refractivity contribution in [1.29, 1.82) is 0 Å². The molecule has 0 spiro atoms. The fourth-order valence-electron chi connectivity index (χ4n) is 0.971. The molecule has 0 fully saturated rings. The van der Waals surface area contributed by atoms with Gasteiger partial charge in [-0.25, -0.2) is 0 Å². The molecule has 1 amide bonds. The first-order chi connectivity index (χ1) is 6.49. The molecule has 82 valence electrons. The second-order valence-corrected chi connectivity index (χ2v) is 3.42. The Hall–Kier alpha value is -1.10. The lowest BCUT2D eigenvalue weighted by atomic mass is 10.1. The number of carbonyl (C=O) groups is 2. The Morgan fingerprint density at radius 3 is 2.43 bits per heavy atom. The van der Waals surface area contributed by atoms with E-state index in [9.17, 15) is 14.7 Å². The molecule has 0 aromatic carbocycles. The zero-order valence-corrected chi connectivity index (χ0v) is 8.71. The number of nitrogens with one attached hydrogen (secondary N) is 1. The number of carboxylic acid groups (broad SMARTS) is 1. The van der Waals surface area contributed by atoms with E-state index in [0.717, 1.165) is 12.8 Å². The quantitative estimate of drug-likeness (QED) is 0.523. The van der Waals surface area contributed by atoms with Crippen molar-refractivity contribution >= 4 is 11.9 Å². The predicted molar refractivity (Wildman–Crippen MR) is 48.8 cm³/mol. The number of rotatable bonds is 6. The maximum absolute atomic E-state index is 11.2. The normalized spacial score (nSPS) is 14.5. The van der Waals surface area contributed by atoms with E-state index in [1.165, 1.54) is 0 Å². The summed E-state index contributed by atoms with van der Waals surface area (Å²) in [5.41, 5.74) is 3.51. The Balaban J connectivity index is 4.09. The average Bonchev–Trinajstić information content (AvgIpc) is 2.10. The van der Waals surface area contributed by atoms with Gasteiger partial charge >= 0.3 is 0 Å². The number of quaternary nitrogens is 1. The number of unbranched alkanes of at least 4 members (excludes halogenated alkanes) is 1. The van der Waals surface area contributed by atoms with E-state index in [1.807, 2.05) is 6.92 Å². The maximum atomic E-state index is 11.2. The highest BCUT2D eigenvalue weighted by atomic mass is 16.4. The summed E-state index contributed by atoms with van der Waals surface area (Å²) in [6, 6.07) is -1.33. The second-order valence-electron chi connectivity index (χ2n) is 3.42. The molecular formula is C9H18N2O3. The molecule has 0 heterocycles. The first kappa shape index (κ1) is 12.9. The molecule has 0 aromatic rings. The SMILES string of the molecule is CCCC[C@@H](NC(=O)[C@@H](C)[NH3+])C(=O)[O-]. The molecular weight excluding hydrogens is 184 g/mol. The van der Waals surface area contributed by atoms with Crippen molar-refractivity contribution in [2.45, 2.75) is 45.2 Å². The smallest absolute Gasteiger partial charge is 0.278 e. The summed E-state index contributed by atoms with van der Waals surface area (Å²) in [6.07, 6.45) is 2.06. The van der Waals surface area contributed by atoms with Gasteiger partial charge in [0.1, 0.15) is 0 Å². The van der Waals surface area contributed by atoms with E-state index in [2.05, 4.69) is 11.1 Å². The van der Waals surface area contributed by atoms with Crippen LogP contribution in [0.1, 0.15) is 33.1 Å². The molecule has 5 heteroatoms. The Labute approximate surface area is 83.7 Å². The van der Waals surface area contributed by atoms with Gasteiger partial charge in [0.25, 0.3) is 5.91 Å². The van der Waals surface area contributed by atoms with Crippen molar-refractivity contribution in [3.63, 3.8) is 0 Å². The van der Waals surface area contributed by atoms with Crippen LogP contribution in [0.3, 0.4) is 0 Å². The lowest BCUT2D eigenvalue weighted by molar-refractivity contribution is -0.398. The van der Waals surface area contributed by atoms with Crippen LogP contribution in [0.15, 0.2) is 0 Å². The van der Waals surface area contributed by atoms with Gasteiger partial charge in [0, 0.05) is 0 Å². The molecule has 0 saturated carbocycles. The highest BCUT2D eigenvalue weighted by Crippen LogP contribution is 1.99. The van der Waals surface area contributed by atoms with Gasteiger partial charge in [0.2, 0.25) is 0 Å². The minimum Gasteiger partial charge on any atom is -0.548 e. The van der Waals surface area contributed by atoms with Crippen LogP contribution in [0.25, 0.3) is 0 Å². The standard InChI is InChI=1S/C9H18N2O3/c1-3-4-5-7(9(13)14)11-8(12)6(2)10/h6-7H,3-5,10H2,1-2H3,(H,11,12)(H,13,14)/t6-,7-/m1/s1. The highest BCUT2D eigenvalue weighted by Gasteiger charge is 2.17. The van der Waals surface area contributed by atoms with Crippen LogP contribution < -0.4 is 16.2 Å². The van der Waals surface area contributed by atoms with Crippen LogP contribution in [-0.2, 0) is 9.59 Å². The Bertz CT molecular complexity index is 204. The lowest BCUT2D eigenvalue weighted by Crippen LogP contribution is -2.67. The van der Waals surface area contributed by atoms with Gasteiger partial charge in [-0.1, -0.05) is 19.8 Å². The fraction of sp³-hybridized carbons (Fsp3) is 0.778.